The van der Waals surface area contributed by atoms with Crippen LogP contribution in [0.3, 0.4) is 0 Å². The Bertz CT molecular complexity index is 1080. The Kier molecular flexibility index (Phi) is 9.37. The summed E-state index contributed by atoms with van der Waals surface area (Å²) in [5.41, 5.74) is 2.60. The van der Waals surface area contributed by atoms with Crippen LogP contribution in [0, 0.1) is 6.92 Å². The summed E-state index contributed by atoms with van der Waals surface area (Å²) in [6.45, 7) is 4.11. The van der Waals surface area contributed by atoms with Gasteiger partial charge >= 0.3 is 0 Å². The average molecular weight is 499 g/mol. The molecule has 0 saturated heterocycles. The molecule has 0 aliphatic rings. The second kappa shape index (κ2) is 12.4. The molecule has 0 aliphatic carbocycles. The molecule has 3 aromatic rings. The molecule has 0 heterocycles. The van der Waals surface area contributed by atoms with Crippen LogP contribution in [0.4, 0.5) is 0 Å². The number of likely N-dealkylation sites (N-methyl/N-ethyl adjacent to an activating group) is 1. The van der Waals surface area contributed by atoms with E-state index in [1.165, 1.54) is 4.90 Å². The number of rotatable bonds is 10. The topological polar surface area (TPSA) is 58.6 Å². The first kappa shape index (κ1) is 25.6. The highest BCUT2D eigenvalue weighted by Crippen LogP contribution is 2.27. The van der Waals surface area contributed by atoms with E-state index in [-0.39, 0.29) is 25.0 Å². The molecule has 0 aliphatic heterocycles. The largest absolute Gasteiger partial charge is 0.484 e. The van der Waals surface area contributed by atoms with E-state index in [2.05, 4.69) is 5.32 Å². The average Bonchev–Trinajstić information content (AvgIpc) is 2.83. The van der Waals surface area contributed by atoms with E-state index in [1.807, 2.05) is 68.4 Å². The van der Waals surface area contributed by atoms with Gasteiger partial charge in [0.25, 0.3) is 5.91 Å². The third-order valence-electron chi connectivity index (χ3n) is 5.40. The van der Waals surface area contributed by atoms with Crippen molar-refractivity contribution >= 4 is 35.0 Å². The minimum atomic E-state index is -0.774. The van der Waals surface area contributed by atoms with Crippen LogP contribution in [0.25, 0.3) is 0 Å². The van der Waals surface area contributed by atoms with Gasteiger partial charge in [0.05, 0.1) is 0 Å². The van der Waals surface area contributed by atoms with Crippen molar-refractivity contribution in [2.75, 3.05) is 13.2 Å². The summed E-state index contributed by atoms with van der Waals surface area (Å²) in [5, 5.41) is 3.72. The van der Waals surface area contributed by atoms with Gasteiger partial charge in [-0.05, 0) is 43.7 Å². The zero-order chi connectivity index (χ0) is 24.5. The maximum atomic E-state index is 13.5. The number of nitrogens with one attached hydrogen (secondary N) is 1. The molecular weight excluding hydrogens is 471 g/mol. The minimum absolute atomic E-state index is 0.0727. The van der Waals surface area contributed by atoms with Crippen molar-refractivity contribution in [2.24, 2.45) is 0 Å². The summed E-state index contributed by atoms with van der Waals surface area (Å²) in [7, 11) is 0. The van der Waals surface area contributed by atoms with Gasteiger partial charge in [0.2, 0.25) is 5.91 Å². The van der Waals surface area contributed by atoms with E-state index in [0.717, 1.165) is 11.1 Å². The van der Waals surface area contributed by atoms with Crippen LogP contribution in [0.2, 0.25) is 10.0 Å². The van der Waals surface area contributed by atoms with Crippen molar-refractivity contribution in [1.29, 1.82) is 0 Å². The number of benzene rings is 3. The lowest BCUT2D eigenvalue weighted by Crippen LogP contribution is -2.51. The van der Waals surface area contributed by atoms with Gasteiger partial charge in [-0.25, -0.2) is 0 Å². The number of amides is 2. The Hall–Kier alpha value is -3.02. The van der Waals surface area contributed by atoms with Gasteiger partial charge in [-0.3, -0.25) is 9.59 Å². The van der Waals surface area contributed by atoms with Gasteiger partial charge in [-0.2, -0.15) is 0 Å². The number of carbonyl (C=O) groups excluding carboxylic acids is 2. The van der Waals surface area contributed by atoms with E-state index in [9.17, 15) is 9.59 Å². The van der Waals surface area contributed by atoms with Gasteiger partial charge in [0.15, 0.2) is 6.61 Å². The molecular formula is C27H28Cl2N2O3. The van der Waals surface area contributed by atoms with Crippen LogP contribution in [0.1, 0.15) is 23.6 Å². The van der Waals surface area contributed by atoms with Crippen molar-refractivity contribution in [2.45, 2.75) is 32.9 Å². The molecule has 0 aromatic heterocycles. The summed E-state index contributed by atoms with van der Waals surface area (Å²) < 4.78 is 5.75. The second-order valence-corrected chi connectivity index (χ2v) is 8.74. The molecule has 3 aromatic carbocycles. The number of carbonyl (C=O) groups is 2. The van der Waals surface area contributed by atoms with Crippen molar-refractivity contribution in [3.8, 4) is 5.75 Å². The first-order valence-corrected chi connectivity index (χ1v) is 11.9. The van der Waals surface area contributed by atoms with E-state index in [0.29, 0.717) is 34.3 Å². The summed E-state index contributed by atoms with van der Waals surface area (Å²) in [4.78, 5) is 28.1. The van der Waals surface area contributed by atoms with E-state index in [1.54, 1.807) is 18.2 Å². The van der Waals surface area contributed by atoms with Gasteiger partial charge in [-0.15, -0.1) is 0 Å². The maximum absolute atomic E-state index is 13.5. The molecule has 0 saturated carbocycles. The van der Waals surface area contributed by atoms with E-state index >= 15 is 0 Å². The third kappa shape index (κ3) is 6.99. The van der Waals surface area contributed by atoms with Crippen LogP contribution in [-0.4, -0.2) is 35.9 Å². The van der Waals surface area contributed by atoms with Crippen molar-refractivity contribution < 1.29 is 14.3 Å². The van der Waals surface area contributed by atoms with Gasteiger partial charge < -0.3 is 15.0 Å². The summed E-state index contributed by atoms with van der Waals surface area (Å²) >= 11 is 12.8. The Balaban J connectivity index is 1.93. The standard InChI is InChI=1S/C27H28Cl2N2O3/c1-3-30-27(33)25(16-20-8-5-4-6-9-20)31(17-22-23(28)10-7-11-24(22)29)26(32)18-34-21-14-12-19(2)13-15-21/h4-15,25H,3,16-18H2,1-2H3,(H,30,33)/t25-/m1/s1. The molecule has 34 heavy (non-hydrogen) atoms. The fourth-order valence-corrected chi connectivity index (χ4v) is 4.08. The molecule has 0 bridgehead atoms. The number of ether oxygens (including phenoxy) is 1. The number of hydrogen-bond donors (Lipinski definition) is 1. The van der Waals surface area contributed by atoms with Crippen LogP contribution in [0.15, 0.2) is 72.8 Å². The fourth-order valence-electron chi connectivity index (χ4n) is 3.56. The summed E-state index contributed by atoms with van der Waals surface area (Å²) in [6.07, 6.45) is 0.338. The maximum Gasteiger partial charge on any atom is 0.261 e. The van der Waals surface area contributed by atoms with Crippen molar-refractivity contribution in [3.63, 3.8) is 0 Å². The molecule has 1 atom stereocenters. The van der Waals surface area contributed by atoms with Gasteiger partial charge in [0.1, 0.15) is 11.8 Å². The smallest absolute Gasteiger partial charge is 0.261 e. The zero-order valence-corrected chi connectivity index (χ0v) is 20.8. The normalized spacial score (nSPS) is 11.5. The van der Waals surface area contributed by atoms with Crippen LogP contribution in [0.5, 0.6) is 5.75 Å². The fraction of sp³-hybridized carbons (Fsp3) is 0.259. The highest BCUT2D eigenvalue weighted by Gasteiger charge is 2.31. The molecule has 5 nitrogen and oxygen atoms in total. The van der Waals surface area contributed by atoms with Crippen LogP contribution < -0.4 is 10.1 Å². The molecule has 0 spiro atoms. The monoisotopic (exact) mass is 498 g/mol. The van der Waals surface area contributed by atoms with Gasteiger partial charge in [0, 0.05) is 35.1 Å². The van der Waals surface area contributed by atoms with E-state index < -0.39 is 6.04 Å². The third-order valence-corrected chi connectivity index (χ3v) is 6.10. The molecule has 1 N–H and O–H groups in total. The Morgan fingerprint density at radius 2 is 1.59 bits per heavy atom. The highest BCUT2D eigenvalue weighted by atomic mass is 35.5. The zero-order valence-electron chi connectivity index (χ0n) is 19.3. The Labute approximate surface area is 210 Å². The molecule has 0 radical (unpaired) electrons. The number of aryl methyl sites for hydroxylation is 1. The Morgan fingerprint density at radius 3 is 2.21 bits per heavy atom. The van der Waals surface area contributed by atoms with Gasteiger partial charge in [-0.1, -0.05) is 77.3 Å². The predicted octanol–water partition coefficient (Wildman–Crippen LogP) is 5.46. The summed E-state index contributed by atoms with van der Waals surface area (Å²) in [5.74, 6) is -0.0192. The van der Waals surface area contributed by atoms with Crippen LogP contribution in [-0.2, 0) is 22.6 Å². The lowest BCUT2D eigenvalue weighted by molar-refractivity contribution is -0.142. The van der Waals surface area contributed by atoms with Crippen molar-refractivity contribution in [3.05, 3.63) is 99.5 Å². The molecule has 178 valence electrons. The van der Waals surface area contributed by atoms with Crippen LogP contribution >= 0.6 is 23.2 Å². The number of hydrogen-bond acceptors (Lipinski definition) is 3. The molecule has 2 amide bonds. The van der Waals surface area contributed by atoms with Crippen molar-refractivity contribution in [1.82, 2.24) is 10.2 Å². The molecule has 7 heteroatoms. The quantitative estimate of drug-likeness (QED) is 0.403. The Morgan fingerprint density at radius 1 is 0.941 bits per heavy atom. The first-order valence-electron chi connectivity index (χ1n) is 11.1. The van der Waals surface area contributed by atoms with E-state index in [4.69, 9.17) is 27.9 Å². The predicted molar refractivity (Wildman–Crippen MR) is 136 cm³/mol. The molecule has 3 rings (SSSR count). The summed E-state index contributed by atoms with van der Waals surface area (Å²) in [6, 6.07) is 21.4. The SMILES string of the molecule is CCNC(=O)[C@@H](Cc1ccccc1)N(Cc1c(Cl)cccc1Cl)C(=O)COc1ccc(C)cc1. The number of halogens is 2. The molecule has 0 unspecified atom stereocenters. The molecule has 0 fully saturated rings. The first-order chi connectivity index (χ1) is 16.4. The minimum Gasteiger partial charge on any atom is -0.484 e. The second-order valence-electron chi connectivity index (χ2n) is 7.92. The highest BCUT2D eigenvalue weighted by molar-refractivity contribution is 6.36. The number of nitrogens with zero attached hydrogens (tertiary/aromatic N) is 1. The lowest BCUT2D eigenvalue weighted by atomic mass is 10.0. The lowest BCUT2D eigenvalue weighted by Gasteiger charge is -2.32.